The van der Waals surface area contributed by atoms with Gasteiger partial charge in [0, 0.05) is 17.7 Å². The van der Waals surface area contributed by atoms with Crippen LogP contribution in [0.2, 0.25) is 0 Å². The van der Waals surface area contributed by atoms with Crippen LogP contribution in [0.4, 0.5) is 0 Å². The van der Waals surface area contributed by atoms with Crippen LogP contribution in [0, 0.1) is 0 Å². The zero-order valence-electron chi connectivity index (χ0n) is 13.9. The van der Waals surface area contributed by atoms with E-state index in [9.17, 15) is 0 Å². The van der Waals surface area contributed by atoms with Crippen molar-refractivity contribution >= 4 is 0 Å². The molecule has 3 aromatic rings. The van der Waals surface area contributed by atoms with Crippen LogP contribution in [-0.2, 0) is 13.0 Å². The molecule has 0 saturated heterocycles. The summed E-state index contributed by atoms with van der Waals surface area (Å²) in [4.78, 5) is 4.49. The lowest BCUT2D eigenvalue weighted by Gasteiger charge is -2.12. The zero-order chi connectivity index (χ0) is 16.9. The lowest BCUT2D eigenvalue weighted by Crippen LogP contribution is -2.07. The number of rotatable bonds is 6. The van der Waals surface area contributed by atoms with Crippen molar-refractivity contribution in [3.8, 4) is 17.1 Å². The minimum absolute atomic E-state index is 0.116. The van der Waals surface area contributed by atoms with Gasteiger partial charge in [-0.1, -0.05) is 47.6 Å². The van der Waals surface area contributed by atoms with Crippen LogP contribution in [0.3, 0.4) is 0 Å². The molecule has 2 aromatic carbocycles. The van der Waals surface area contributed by atoms with E-state index in [2.05, 4.69) is 10.1 Å². The Hall–Kier alpha value is -2.66. The maximum Gasteiger partial charge on any atom is 0.231 e. The van der Waals surface area contributed by atoms with Crippen molar-refractivity contribution in [3.05, 3.63) is 65.5 Å². The van der Waals surface area contributed by atoms with Crippen molar-refractivity contribution in [1.29, 1.82) is 0 Å². The summed E-state index contributed by atoms with van der Waals surface area (Å²) < 4.78 is 11.2. The number of nitrogens with two attached hydrogens (primary N) is 1. The highest BCUT2D eigenvalue weighted by atomic mass is 16.5. The molecule has 0 amide bonds. The molecule has 1 heterocycles. The summed E-state index contributed by atoms with van der Waals surface area (Å²) in [5.74, 6) is 1.99. The van der Waals surface area contributed by atoms with Crippen LogP contribution in [0.15, 0.2) is 53.1 Å². The van der Waals surface area contributed by atoms with E-state index in [0.717, 1.165) is 22.4 Å². The quantitative estimate of drug-likeness (QED) is 0.750. The van der Waals surface area contributed by atoms with Gasteiger partial charge in [-0.15, -0.1) is 0 Å². The first-order chi connectivity index (χ1) is 11.7. The van der Waals surface area contributed by atoms with E-state index in [1.165, 1.54) is 0 Å². The van der Waals surface area contributed by atoms with E-state index in [1.54, 1.807) is 0 Å². The number of ether oxygens (including phenoxy) is 1. The second kappa shape index (κ2) is 7.27. The molecule has 0 atom stereocenters. The van der Waals surface area contributed by atoms with Gasteiger partial charge < -0.3 is 15.0 Å². The summed E-state index contributed by atoms with van der Waals surface area (Å²) >= 11 is 0. The molecule has 3 rings (SSSR count). The highest BCUT2D eigenvalue weighted by Gasteiger charge is 2.12. The Bertz CT molecular complexity index is 794. The average Bonchev–Trinajstić information content (AvgIpc) is 3.05. The normalized spacial score (nSPS) is 11.0. The van der Waals surface area contributed by atoms with Crippen molar-refractivity contribution in [1.82, 2.24) is 10.1 Å². The van der Waals surface area contributed by atoms with Gasteiger partial charge >= 0.3 is 0 Å². The Balaban J connectivity index is 1.79. The van der Waals surface area contributed by atoms with E-state index in [0.29, 0.717) is 24.7 Å². The SMILES string of the molecule is CC(C)Oc1ccccc1Cc1nc(-c2ccc(CN)cc2)no1. The van der Waals surface area contributed by atoms with Crippen LogP contribution in [0.5, 0.6) is 5.75 Å². The minimum Gasteiger partial charge on any atom is -0.491 e. The van der Waals surface area contributed by atoms with Crippen molar-refractivity contribution in [2.45, 2.75) is 32.9 Å². The maximum atomic E-state index is 5.83. The fourth-order valence-corrected chi connectivity index (χ4v) is 2.42. The first-order valence-corrected chi connectivity index (χ1v) is 8.02. The number of para-hydroxylation sites is 1. The third kappa shape index (κ3) is 3.81. The molecule has 2 N–H and O–H groups in total. The largest absolute Gasteiger partial charge is 0.491 e. The van der Waals surface area contributed by atoms with Gasteiger partial charge in [0.05, 0.1) is 12.5 Å². The molecule has 0 aliphatic heterocycles. The number of aromatic nitrogens is 2. The second-order valence-electron chi connectivity index (χ2n) is 5.86. The first-order valence-electron chi connectivity index (χ1n) is 8.02. The summed E-state index contributed by atoms with van der Waals surface area (Å²) in [7, 11) is 0. The molecule has 0 aliphatic rings. The summed E-state index contributed by atoms with van der Waals surface area (Å²) in [6.45, 7) is 4.53. The molecule has 0 fully saturated rings. The lowest BCUT2D eigenvalue weighted by atomic mass is 10.1. The second-order valence-corrected chi connectivity index (χ2v) is 5.86. The molecule has 1 aromatic heterocycles. The molecule has 5 nitrogen and oxygen atoms in total. The molecule has 0 radical (unpaired) electrons. The third-order valence-corrected chi connectivity index (χ3v) is 3.59. The van der Waals surface area contributed by atoms with Crippen molar-refractivity contribution in [2.24, 2.45) is 5.73 Å². The smallest absolute Gasteiger partial charge is 0.231 e. The van der Waals surface area contributed by atoms with Gasteiger partial charge in [-0.05, 0) is 25.5 Å². The molecule has 24 heavy (non-hydrogen) atoms. The number of benzene rings is 2. The van der Waals surface area contributed by atoms with Gasteiger partial charge in [-0.2, -0.15) is 4.98 Å². The lowest BCUT2D eigenvalue weighted by molar-refractivity contribution is 0.239. The summed E-state index contributed by atoms with van der Waals surface area (Å²) in [5.41, 5.74) is 8.63. The van der Waals surface area contributed by atoms with E-state index >= 15 is 0 Å². The maximum absolute atomic E-state index is 5.83. The molecular formula is C19H21N3O2. The van der Waals surface area contributed by atoms with Gasteiger partial charge in [0.25, 0.3) is 0 Å². The fourth-order valence-electron chi connectivity index (χ4n) is 2.42. The van der Waals surface area contributed by atoms with Crippen LogP contribution >= 0.6 is 0 Å². The molecule has 0 bridgehead atoms. The van der Waals surface area contributed by atoms with Crippen LogP contribution in [0.1, 0.15) is 30.9 Å². The molecule has 0 unspecified atom stereocenters. The predicted molar refractivity (Wildman–Crippen MR) is 92.6 cm³/mol. The molecule has 0 saturated carbocycles. The summed E-state index contributed by atoms with van der Waals surface area (Å²) in [5, 5.41) is 4.07. The molecule has 0 aliphatic carbocycles. The van der Waals surface area contributed by atoms with Gasteiger partial charge in [-0.3, -0.25) is 0 Å². The van der Waals surface area contributed by atoms with Gasteiger partial charge in [0.2, 0.25) is 11.7 Å². The molecule has 5 heteroatoms. The Morgan fingerprint density at radius 2 is 1.83 bits per heavy atom. The van der Waals surface area contributed by atoms with Crippen molar-refractivity contribution in [2.75, 3.05) is 0 Å². The Morgan fingerprint density at radius 1 is 1.08 bits per heavy atom. The van der Waals surface area contributed by atoms with E-state index < -0.39 is 0 Å². The Labute approximate surface area is 141 Å². The Kier molecular flexibility index (Phi) is 4.91. The highest BCUT2D eigenvalue weighted by Crippen LogP contribution is 2.23. The molecule has 124 valence electrons. The zero-order valence-corrected chi connectivity index (χ0v) is 13.9. The van der Waals surface area contributed by atoms with Gasteiger partial charge in [-0.25, -0.2) is 0 Å². The third-order valence-electron chi connectivity index (χ3n) is 3.59. The van der Waals surface area contributed by atoms with Crippen LogP contribution in [0.25, 0.3) is 11.4 Å². The minimum atomic E-state index is 0.116. The average molecular weight is 323 g/mol. The summed E-state index contributed by atoms with van der Waals surface area (Å²) in [6, 6.07) is 15.7. The van der Waals surface area contributed by atoms with E-state index in [4.69, 9.17) is 15.0 Å². The van der Waals surface area contributed by atoms with Gasteiger partial charge in [0.1, 0.15) is 5.75 Å². The highest BCUT2D eigenvalue weighted by molar-refractivity contribution is 5.54. The molecule has 0 spiro atoms. The number of hydrogen-bond donors (Lipinski definition) is 1. The number of hydrogen-bond acceptors (Lipinski definition) is 5. The Morgan fingerprint density at radius 3 is 2.54 bits per heavy atom. The van der Waals surface area contributed by atoms with Crippen LogP contribution < -0.4 is 10.5 Å². The van der Waals surface area contributed by atoms with Crippen molar-refractivity contribution in [3.63, 3.8) is 0 Å². The first kappa shape index (κ1) is 16.2. The van der Waals surface area contributed by atoms with Crippen LogP contribution in [-0.4, -0.2) is 16.2 Å². The van der Waals surface area contributed by atoms with Gasteiger partial charge in [0.15, 0.2) is 0 Å². The fraction of sp³-hybridized carbons (Fsp3) is 0.263. The summed E-state index contributed by atoms with van der Waals surface area (Å²) in [6.07, 6.45) is 0.655. The topological polar surface area (TPSA) is 74.2 Å². The molecular weight excluding hydrogens is 302 g/mol. The van der Waals surface area contributed by atoms with Crippen molar-refractivity contribution < 1.29 is 9.26 Å². The number of nitrogens with zero attached hydrogens (tertiary/aromatic N) is 2. The predicted octanol–water partition coefficient (Wildman–Crippen LogP) is 3.57. The van der Waals surface area contributed by atoms with E-state index in [1.807, 2.05) is 62.4 Å². The monoisotopic (exact) mass is 323 g/mol. The standard InChI is InChI=1S/C19H21N3O2/c1-13(2)23-17-6-4-3-5-16(17)11-18-21-19(22-24-18)15-9-7-14(12-20)8-10-15/h3-10,13H,11-12,20H2,1-2H3. The van der Waals surface area contributed by atoms with E-state index in [-0.39, 0.29) is 6.10 Å².